The molecule has 0 aliphatic carbocycles. The minimum Gasteiger partial charge on any atom is -0.480 e. The lowest BCUT2D eigenvalue weighted by atomic mass is 10.0. The third kappa shape index (κ3) is 2.19. The molecule has 2 rings (SSSR count). The Morgan fingerprint density at radius 1 is 1.39 bits per heavy atom. The fourth-order valence-corrected chi connectivity index (χ4v) is 1.94. The number of rotatable bonds is 4. The Morgan fingerprint density at radius 2 is 2.11 bits per heavy atom. The molecule has 0 saturated heterocycles. The van der Waals surface area contributed by atoms with Gasteiger partial charge in [-0.2, -0.15) is 5.10 Å². The number of hydrogen-bond acceptors (Lipinski definition) is 5. The van der Waals surface area contributed by atoms with E-state index < -0.39 is 0 Å². The van der Waals surface area contributed by atoms with Crippen LogP contribution in [-0.4, -0.2) is 26.9 Å². The SMILES string of the molecule is CCc1nn(C)cc1C(N)c1nccnc1OC. The first kappa shape index (κ1) is 12.5. The van der Waals surface area contributed by atoms with Crippen LogP contribution < -0.4 is 10.5 Å². The summed E-state index contributed by atoms with van der Waals surface area (Å²) in [6, 6.07) is -0.378. The lowest BCUT2D eigenvalue weighted by molar-refractivity contribution is 0.387. The van der Waals surface area contributed by atoms with Crippen LogP contribution in [0.2, 0.25) is 0 Å². The van der Waals surface area contributed by atoms with Gasteiger partial charge in [-0.3, -0.25) is 9.67 Å². The second-order valence-corrected chi connectivity index (χ2v) is 3.99. The third-order valence-corrected chi connectivity index (χ3v) is 2.79. The smallest absolute Gasteiger partial charge is 0.237 e. The van der Waals surface area contributed by atoms with Crippen molar-refractivity contribution in [1.82, 2.24) is 19.7 Å². The highest BCUT2D eigenvalue weighted by Gasteiger charge is 2.21. The van der Waals surface area contributed by atoms with Crippen molar-refractivity contribution in [3.63, 3.8) is 0 Å². The van der Waals surface area contributed by atoms with Crippen molar-refractivity contribution in [1.29, 1.82) is 0 Å². The number of methoxy groups -OCH3 is 1. The van der Waals surface area contributed by atoms with Crippen LogP contribution in [0.1, 0.15) is 29.9 Å². The van der Waals surface area contributed by atoms with Gasteiger partial charge in [0, 0.05) is 31.2 Å². The molecule has 18 heavy (non-hydrogen) atoms. The minimum atomic E-state index is -0.378. The molecule has 0 amide bonds. The maximum Gasteiger partial charge on any atom is 0.237 e. The second kappa shape index (κ2) is 5.14. The summed E-state index contributed by atoms with van der Waals surface area (Å²) in [6.45, 7) is 2.05. The third-order valence-electron chi connectivity index (χ3n) is 2.79. The van der Waals surface area contributed by atoms with E-state index in [1.807, 2.05) is 20.2 Å². The number of nitrogens with two attached hydrogens (primary N) is 1. The zero-order valence-corrected chi connectivity index (χ0v) is 10.8. The summed E-state index contributed by atoms with van der Waals surface area (Å²) in [7, 11) is 3.44. The molecule has 6 nitrogen and oxygen atoms in total. The van der Waals surface area contributed by atoms with Crippen LogP contribution in [0.25, 0.3) is 0 Å². The van der Waals surface area contributed by atoms with E-state index in [9.17, 15) is 0 Å². The van der Waals surface area contributed by atoms with Gasteiger partial charge in [0.05, 0.1) is 18.8 Å². The first-order valence-electron chi connectivity index (χ1n) is 5.80. The van der Waals surface area contributed by atoms with Crippen LogP contribution in [-0.2, 0) is 13.5 Å². The Morgan fingerprint density at radius 3 is 2.78 bits per heavy atom. The Hall–Kier alpha value is -1.95. The highest BCUT2D eigenvalue weighted by molar-refractivity contribution is 5.33. The maximum atomic E-state index is 6.25. The normalized spacial score (nSPS) is 12.4. The van der Waals surface area contributed by atoms with E-state index in [2.05, 4.69) is 15.1 Å². The van der Waals surface area contributed by atoms with Crippen molar-refractivity contribution in [2.24, 2.45) is 12.8 Å². The van der Waals surface area contributed by atoms with E-state index in [4.69, 9.17) is 10.5 Å². The zero-order valence-electron chi connectivity index (χ0n) is 10.8. The molecule has 0 aromatic carbocycles. The average Bonchev–Trinajstić information content (AvgIpc) is 2.79. The Labute approximate surface area is 106 Å². The second-order valence-electron chi connectivity index (χ2n) is 3.99. The summed E-state index contributed by atoms with van der Waals surface area (Å²) < 4.78 is 6.95. The van der Waals surface area contributed by atoms with Crippen LogP contribution in [0.5, 0.6) is 5.88 Å². The summed E-state index contributed by atoms with van der Waals surface area (Å²) in [6.07, 6.45) is 5.93. The molecule has 0 fully saturated rings. The standard InChI is InChI=1S/C12H17N5O/c1-4-9-8(7-17(2)16-9)10(13)11-12(18-3)15-6-5-14-11/h5-7,10H,4,13H2,1-3H3. The van der Waals surface area contributed by atoms with Gasteiger partial charge in [0.1, 0.15) is 5.69 Å². The summed E-state index contributed by atoms with van der Waals surface area (Å²) in [5.41, 5.74) is 8.80. The van der Waals surface area contributed by atoms with Gasteiger partial charge in [0.2, 0.25) is 5.88 Å². The molecule has 0 bridgehead atoms. The van der Waals surface area contributed by atoms with Crippen molar-refractivity contribution in [3.05, 3.63) is 35.5 Å². The van der Waals surface area contributed by atoms with Gasteiger partial charge in [0.25, 0.3) is 0 Å². The van der Waals surface area contributed by atoms with E-state index in [-0.39, 0.29) is 6.04 Å². The van der Waals surface area contributed by atoms with Crippen LogP contribution in [0, 0.1) is 0 Å². The molecule has 2 heterocycles. The molecule has 2 aromatic rings. The molecule has 0 spiro atoms. The van der Waals surface area contributed by atoms with Crippen molar-refractivity contribution in [2.75, 3.05) is 7.11 Å². The molecule has 96 valence electrons. The van der Waals surface area contributed by atoms with E-state index >= 15 is 0 Å². The molecular weight excluding hydrogens is 230 g/mol. The first-order valence-corrected chi connectivity index (χ1v) is 5.80. The molecule has 1 atom stereocenters. The summed E-state index contributed by atoms with van der Waals surface area (Å²) >= 11 is 0. The van der Waals surface area contributed by atoms with Crippen molar-refractivity contribution in [3.8, 4) is 5.88 Å². The van der Waals surface area contributed by atoms with Gasteiger partial charge in [-0.1, -0.05) is 6.92 Å². The quantitative estimate of drug-likeness (QED) is 0.865. The number of nitrogens with zero attached hydrogens (tertiary/aromatic N) is 4. The predicted molar refractivity (Wildman–Crippen MR) is 67.2 cm³/mol. The Kier molecular flexibility index (Phi) is 3.57. The highest BCUT2D eigenvalue weighted by atomic mass is 16.5. The number of ether oxygens (including phenoxy) is 1. The average molecular weight is 247 g/mol. The van der Waals surface area contributed by atoms with Gasteiger partial charge in [-0.25, -0.2) is 4.98 Å². The molecule has 2 N–H and O–H groups in total. The van der Waals surface area contributed by atoms with E-state index in [0.29, 0.717) is 11.6 Å². The van der Waals surface area contributed by atoms with Crippen molar-refractivity contribution >= 4 is 0 Å². The molecule has 0 aliphatic rings. The van der Waals surface area contributed by atoms with Gasteiger partial charge in [-0.15, -0.1) is 0 Å². The van der Waals surface area contributed by atoms with Gasteiger partial charge in [0.15, 0.2) is 0 Å². The maximum absolute atomic E-state index is 6.25. The lowest BCUT2D eigenvalue weighted by Crippen LogP contribution is -2.16. The summed E-state index contributed by atoms with van der Waals surface area (Å²) in [5.74, 6) is 0.455. The monoisotopic (exact) mass is 247 g/mol. The van der Waals surface area contributed by atoms with Crippen LogP contribution in [0.4, 0.5) is 0 Å². The molecule has 0 radical (unpaired) electrons. The lowest BCUT2D eigenvalue weighted by Gasteiger charge is -2.13. The Balaban J connectivity index is 2.44. The van der Waals surface area contributed by atoms with Gasteiger partial charge in [-0.05, 0) is 6.42 Å². The van der Waals surface area contributed by atoms with Crippen LogP contribution >= 0.6 is 0 Å². The topological polar surface area (TPSA) is 78.9 Å². The molecule has 6 heteroatoms. The van der Waals surface area contributed by atoms with Crippen LogP contribution in [0.15, 0.2) is 18.6 Å². The molecule has 2 aromatic heterocycles. The van der Waals surface area contributed by atoms with Gasteiger partial charge < -0.3 is 10.5 Å². The fourth-order valence-electron chi connectivity index (χ4n) is 1.94. The number of aromatic nitrogens is 4. The molecular formula is C12H17N5O. The predicted octanol–water partition coefficient (Wildman–Crippen LogP) is 0.829. The highest BCUT2D eigenvalue weighted by Crippen LogP contribution is 2.26. The number of hydrogen-bond donors (Lipinski definition) is 1. The first-order chi connectivity index (χ1) is 8.67. The molecule has 0 saturated carbocycles. The summed E-state index contributed by atoms with van der Waals surface area (Å²) in [5, 5.41) is 4.38. The fraction of sp³-hybridized carbons (Fsp3) is 0.417. The molecule has 0 aliphatic heterocycles. The zero-order chi connectivity index (χ0) is 13.1. The summed E-state index contributed by atoms with van der Waals surface area (Å²) in [4.78, 5) is 8.38. The van der Waals surface area contributed by atoms with Crippen LogP contribution in [0.3, 0.4) is 0 Å². The number of aryl methyl sites for hydroxylation is 2. The van der Waals surface area contributed by atoms with E-state index in [1.54, 1.807) is 24.2 Å². The van der Waals surface area contributed by atoms with E-state index in [1.165, 1.54) is 0 Å². The van der Waals surface area contributed by atoms with E-state index in [0.717, 1.165) is 17.7 Å². The Bertz CT molecular complexity index is 537. The molecule has 1 unspecified atom stereocenters. The van der Waals surface area contributed by atoms with Crippen molar-refractivity contribution in [2.45, 2.75) is 19.4 Å². The van der Waals surface area contributed by atoms with Crippen molar-refractivity contribution < 1.29 is 4.74 Å². The minimum absolute atomic E-state index is 0.378. The largest absolute Gasteiger partial charge is 0.480 e. The van der Waals surface area contributed by atoms with Gasteiger partial charge >= 0.3 is 0 Å².